The number of ether oxygens (including phenoxy) is 1. The van der Waals surface area contributed by atoms with E-state index >= 15 is 0 Å². The predicted octanol–water partition coefficient (Wildman–Crippen LogP) is 3.11. The Kier molecular flexibility index (Phi) is 4.63. The number of nitrogens with one attached hydrogen (secondary N) is 1. The fourth-order valence-corrected chi connectivity index (χ4v) is 2.75. The molecule has 26 heavy (non-hydrogen) atoms. The number of rotatable bonds is 3. The predicted molar refractivity (Wildman–Crippen MR) is 91.0 cm³/mol. The Morgan fingerprint density at radius 3 is 2.38 bits per heavy atom. The molecule has 2 aromatic carbocycles. The molecule has 0 spiro atoms. The number of carbonyl (C=O) groups excluding carboxylic acids is 2. The third kappa shape index (κ3) is 3.37. The Balaban J connectivity index is 1.75. The van der Waals surface area contributed by atoms with Crippen molar-refractivity contribution in [3.05, 3.63) is 59.7 Å². The summed E-state index contributed by atoms with van der Waals surface area (Å²) in [6.07, 6.45) is 0. The van der Waals surface area contributed by atoms with E-state index in [9.17, 15) is 18.4 Å². The van der Waals surface area contributed by atoms with Crippen LogP contribution in [0.2, 0.25) is 0 Å². The second kappa shape index (κ2) is 6.74. The first-order chi connectivity index (χ1) is 12.3. The first-order valence-corrected chi connectivity index (χ1v) is 8.12. The highest BCUT2D eigenvalue weighted by molar-refractivity contribution is 5.99. The molecular formula is C19H18F2N2O3. The molecule has 1 aliphatic heterocycles. The van der Waals surface area contributed by atoms with E-state index in [0.29, 0.717) is 24.4 Å². The lowest BCUT2D eigenvalue weighted by atomic mass is 9.97. The topological polar surface area (TPSA) is 58.6 Å². The van der Waals surface area contributed by atoms with Crippen LogP contribution in [0.1, 0.15) is 24.2 Å². The number of amides is 2. The molecule has 0 aromatic heterocycles. The van der Waals surface area contributed by atoms with Crippen molar-refractivity contribution in [3.8, 4) is 11.5 Å². The number of benzene rings is 2. The fourth-order valence-electron chi connectivity index (χ4n) is 2.75. The van der Waals surface area contributed by atoms with E-state index in [1.54, 1.807) is 38.1 Å². The summed E-state index contributed by atoms with van der Waals surface area (Å²) in [5.74, 6) is -1.88. The van der Waals surface area contributed by atoms with Gasteiger partial charge in [-0.2, -0.15) is 0 Å². The molecule has 0 atom stereocenters. The normalized spacial score (nSPS) is 16.2. The van der Waals surface area contributed by atoms with Gasteiger partial charge in [0.15, 0.2) is 11.6 Å². The van der Waals surface area contributed by atoms with Gasteiger partial charge in [0.05, 0.1) is 0 Å². The third-order valence-electron chi connectivity index (χ3n) is 4.32. The van der Waals surface area contributed by atoms with Crippen molar-refractivity contribution >= 4 is 11.8 Å². The van der Waals surface area contributed by atoms with Crippen LogP contribution in [0, 0.1) is 11.6 Å². The van der Waals surface area contributed by atoms with E-state index in [0.717, 1.165) is 12.1 Å². The zero-order valence-electron chi connectivity index (χ0n) is 14.4. The summed E-state index contributed by atoms with van der Waals surface area (Å²) in [5, 5.41) is 2.74. The molecule has 1 fully saturated rings. The van der Waals surface area contributed by atoms with E-state index in [2.05, 4.69) is 5.32 Å². The lowest BCUT2D eigenvalue weighted by Gasteiger charge is -2.41. The van der Waals surface area contributed by atoms with Crippen molar-refractivity contribution in [3.63, 3.8) is 0 Å². The molecule has 0 unspecified atom stereocenters. The van der Waals surface area contributed by atoms with Gasteiger partial charge >= 0.3 is 0 Å². The third-order valence-corrected chi connectivity index (χ3v) is 4.32. The number of nitrogens with zero attached hydrogens (tertiary/aromatic N) is 1. The van der Waals surface area contributed by atoms with Crippen molar-refractivity contribution in [2.75, 3.05) is 13.1 Å². The molecule has 5 nitrogen and oxygen atoms in total. The second-order valence-electron chi connectivity index (χ2n) is 6.47. The van der Waals surface area contributed by atoms with Crippen molar-refractivity contribution in [1.82, 2.24) is 10.2 Å². The van der Waals surface area contributed by atoms with Crippen molar-refractivity contribution in [2.24, 2.45) is 0 Å². The molecule has 0 radical (unpaired) electrons. The fraction of sp³-hybridized carbons (Fsp3) is 0.263. The van der Waals surface area contributed by atoms with Crippen molar-refractivity contribution in [2.45, 2.75) is 19.4 Å². The molecule has 2 amide bonds. The molecule has 0 aliphatic carbocycles. The Morgan fingerprint density at radius 2 is 1.73 bits per heavy atom. The maximum Gasteiger partial charge on any atom is 0.254 e. The van der Waals surface area contributed by atoms with Gasteiger partial charge in [0.2, 0.25) is 5.91 Å². The maximum atomic E-state index is 13.2. The van der Waals surface area contributed by atoms with E-state index in [1.165, 1.54) is 11.0 Å². The highest BCUT2D eigenvalue weighted by Gasteiger charge is 2.40. The molecule has 1 N–H and O–H groups in total. The zero-order chi connectivity index (χ0) is 18.9. The lowest BCUT2D eigenvalue weighted by molar-refractivity contribution is -0.133. The van der Waals surface area contributed by atoms with Gasteiger partial charge < -0.3 is 15.0 Å². The van der Waals surface area contributed by atoms with E-state index < -0.39 is 17.2 Å². The number of piperazine rings is 1. The number of carbonyl (C=O) groups is 2. The molecule has 136 valence electrons. The van der Waals surface area contributed by atoms with Crippen LogP contribution in [0.3, 0.4) is 0 Å². The Bertz CT molecular complexity index is 850. The van der Waals surface area contributed by atoms with Crippen LogP contribution in [0.4, 0.5) is 8.78 Å². The molecule has 7 heteroatoms. The highest BCUT2D eigenvalue weighted by Crippen LogP contribution is 2.25. The first kappa shape index (κ1) is 17.8. The average Bonchev–Trinajstić information content (AvgIpc) is 2.61. The summed E-state index contributed by atoms with van der Waals surface area (Å²) in [6, 6.07) is 9.50. The molecule has 0 saturated carbocycles. The standard InChI is InChI=1S/C19H18F2N2O3/c1-19(2)18(25)22-9-10-23(19)17(24)12-3-5-13(6-4-12)26-14-7-8-15(20)16(21)11-14/h3-8,11H,9-10H2,1-2H3,(H,22,25). The summed E-state index contributed by atoms with van der Waals surface area (Å²) in [5.41, 5.74) is -0.527. The Labute approximate surface area is 149 Å². The van der Waals surface area contributed by atoms with Gasteiger partial charge in [-0.3, -0.25) is 9.59 Å². The lowest BCUT2D eigenvalue weighted by Crippen LogP contribution is -2.63. The van der Waals surface area contributed by atoms with E-state index in [4.69, 9.17) is 4.74 Å². The molecule has 3 rings (SSSR count). The van der Waals surface area contributed by atoms with Gasteiger partial charge in [-0.1, -0.05) is 0 Å². The quantitative estimate of drug-likeness (QED) is 0.915. The SMILES string of the molecule is CC1(C)C(=O)NCCN1C(=O)c1ccc(Oc2ccc(F)c(F)c2)cc1. The molecule has 1 heterocycles. The summed E-state index contributed by atoms with van der Waals surface area (Å²) < 4.78 is 31.6. The highest BCUT2D eigenvalue weighted by atomic mass is 19.2. The summed E-state index contributed by atoms with van der Waals surface area (Å²) in [7, 11) is 0. The van der Waals surface area contributed by atoms with Crippen molar-refractivity contribution in [1.29, 1.82) is 0 Å². The number of halogens is 2. The molecule has 2 aromatic rings. The largest absolute Gasteiger partial charge is 0.457 e. The van der Waals surface area contributed by atoms with Crippen LogP contribution < -0.4 is 10.1 Å². The van der Waals surface area contributed by atoms with Gasteiger partial charge in [0.25, 0.3) is 5.91 Å². The number of hydrogen-bond donors (Lipinski definition) is 1. The van der Waals surface area contributed by atoms with Crippen molar-refractivity contribution < 1.29 is 23.1 Å². The summed E-state index contributed by atoms with van der Waals surface area (Å²) in [4.78, 5) is 26.2. The van der Waals surface area contributed by atoms with E-state index in [-0.39, 0.29) is 17.6 Å². The van der Waals surface area contributed by atoms with E-state index in [1.807, 2.05) is 0 Å². The minimum atomic E-state index is -1.00. The minimum Gasteiger partial charge on any atom is -0.457 e. The smallest absolute Gasteiger partial charge is 0.254 e. The maximum absolute atomic E-state index is 13.2. The zero-order valence-corrected chi connectivity index (χ0v) is 14.4. The van der Waals surface area contributed by atoms with Crippen LogP contribution >= 0.6 is 0 Å². The summed E-state index contributed by atoms with van der Waals surface area (Å²) in [6.45, 7) is 4.22. The van der Waals surface area contributed by atoms with Crippen LogP contribution in [0.5, 0.6) is 11.5 Å². The summed E-state index contributed by atoms with van der Waals surface area (Å²) >= 11 is 0. The van der Waals surface area contributed by atoms with Crippen LogP contribution in [0.15, 0.2) is 42.5 Å². The molecular weight excluding hydrogens is 342 g/mol. The minimum absolute atomic E-state index is 0.150. The van der Waals surface area contributed by atoms with Gasteiger partial charge in [0.1, 0.15) is 17.0 Å². The van der Waals surface area contributed by atoms with Crippen LogP contribution in [0.25, 0.3) is 0 Å². The monoisotopic (exact) mass is 360 g/mol. The Morgan fingerprint density at radius 1 is 1.08 bits per heavy atom. The number of hydrogen-bond acceptors (Lipinski definition) is 3. The van der Waals surface area contributed by atoms with Gasteiger partial charge in [-0.25, -0.2) is 8.78 Å². The second-order valence-corrected chi connectivity index (χ2v) is 6.47. The van der Waals surface area contributed by atoms with Crippen LogP contribution in [-0.2, 0) is 4.79 Å². The average molecular weight is 360 g/mol. The van der Waals surface area contributed by atoms with Gasteiger partial charge in [0, 0.05) is 24.7 Å². The van der Waals surface area contributed by atoms with Crippen LogP contribution in [-0.4, -0.2) is 35.3 Å². The van der Waals surface area contributed by atoms with Gasteiger partial charge in [-0.15, -0.1) is 0 Å². The molecule has 1 aliphatic rings. The molecule has 0 bridgehead atoms. The Hall–Kier alpha value is -2.96. The first-order valence-electron chi connectivity index (χ1n) is 8.12. The van der Waals surface area contributed by atoms with Gasteiger partial charge in [-0.05, 0) is 50.2 Å². The molecule has 1 saturated heterocycles.